The zero-order valence-corrected chi connectivity index (χ0v) is 17.4. The Morgan fingerprint density at radius 1 is 1.06 bits per heavy atom. The second kappa shape index (κ2) is 8.41. The number of aliphatic hydroxyl groups excluding tert-OH is 1. The van der Waals surface area contributed by atoms with Crippen LogP contribution in [0, 0.1) is 5.82 Å². The maximum Gasteiger partial charge on any atom is 0.295 e. The average Bonchev–Trinajstić information content (AvgIpc) is 3.40. The van der Waals surface area contributed by atoms with E-state index in [0.717, 1.165) is 25.7 Å². The molecule has 1 atom stereocenters. The Labute approximate surface area is 179 Å². The number of aliphatic hydroxyl groups is 1. The number of hydrogen-bond acceptors (Lipinski definition) is 5. The Morgan fingerprint density at radius 2 is 1.77 bits per heavy atom. The van der Waals surface area contributed by atoms with Crippen molar-refractivity contribution < 1.29 is 28.6 Å². The first-order valence-corrected chi connectivity index (χ1v) is 10.2. The fourth-order valence-electron chi connectivity index (χ4n) is 4.55. The van der Waals surface area contributed by atoms with E-state index in [1.807, 2.05) is 0 Å². The number of nitrogens with zero attached hydrogens (tertiary/aromatic N) is 1. The molecule has 2 fully saturated rings. The molecule has 1 saturated heterocycles. The number of Topliss-reactive ketones (excluding diaryl/α,β-unsaturated/α-hetero) is 1. The van der Waals surface area contributed by atoms with E-state index in [2.05, 4.69) is 0 Å². The van der Waals surface area contributed by atoms with Crippen LogP contribution in [-0.2, 0) is 9.59 Å². The second-order valence-electron chi connectivity index (χ2n) is 7.73. The van der Waals surface area contributed by atoms with Crippen LogP contribution < -0.4 is 9.47 Å². The Balaban J connectivity index is 1.93. The van der Waals surface area contributed by atoms with E-state index in [9.17, 15) is 19.1 Å². The first-order valence-electron chi connectivity index (χ1n) is 10.2. The van der Waals surface area contributed by atoms with Crippen molar-refractivity contribution in [2.24, 2.45) is 0 Å². The van der Waals surface area contributed by atoms with E-state index in [1.54, 1.807) is 36.4 Å². The van der Waals surface area contributed by atoms with Gasteiger partial charge in [0.25, 0.3) is 11.7 Å². The maximum atomic E-state index is 14.8. The largest absolute Gasteiger partial charge is 0.507 e. The van der Waals surface area contributed by atoms with Gasteiger partial charge in [-0.25, -0.2) is 4.39 Å². The van der Waals surface area contributed by atoms with Crippen LogP contribution in [0.3, 0.4) is 0 Å². The molecule has 162 valence electrons. The standard InChI is InChI=1S/C24H24FNO5/c1-30-15-11-12-17(19(13-15)31-2)22(27)20-21(16-9-5-6-10-18(16)25)26(24(29)23(20)28)14-7-3-4-8-14/h5-6,9-14,21,27H,3-4,7-8H2,1-2H3/b22-20+. The zero-order chi connectivity index (χ0) is 22.1. The van der Waals surface area contributed by atoms with Crippen LogP contribution in [0.2, 0.25) is 0 Å². The molecule has 2 aromatic rings. The van der Waals surface area contributed by atoms with Crippen molar-refractivity contribution in [2.45, 2.75) is 37.8 Å². The average molecular weight is 425 g/mol. The predicted molar refractivity (Wildman–Crippen MR) is 112 cm³/mol. The summed E-state index contributed by atoms with van der Waals surface area (Å²) in [4.78, 5) is 27.6. The molecule has 1 aliphatic carbocycles. The van der Waals surface area contributed by atoms with Gasteiger partial charge in [0.05, 0.1) is 31.4 Å². The fourth-order valence-corrected chi connectivity index (χ4v) is 4.55. The number of rotatable bonds is 5. The summed E-state index contributed by atoms with van der Waals surface area (Å²) in [6.07, 6.45) is 3.35. The highest BCUT2D eigenvalue weighted by atomic mass is 19.1. The lowest BCUT2D eigenvalue weighted by Gasteiger charge is -2.31. The maximum absolute atomic E-state index is 14.8. The topological polar surface area (TPSA) is 76.1 Å². The summed E-state index contributed by atoms with van der Waals surface area (Å²) in [5, 5.41) is 11.2. The molecule has 7 heteroatoms. The molecule has 2 aromatic carbocycles. The van der Waals surface area contributed by atoms with Gasteiger partial charge in [-0.05, 0) is 31.0 Å². The van der Waals surface area contributed by atoms with Crippen LogP contribution in [0.5, 0.6) is 11.5 Å². The molecule has 1 heterocycles. The van der Waals surface area contributed by atoms with E-state index < -0.39 is 29.3 Å². The van der Waals surface area contributed by atoms with Crippen LogP contribution in [0.1, 0.15) is 42.9 Å². The number of ether oxygens (including phenoxy) is 2. The van der Waals surface area contributed by atoms with Crippen LogP contribution in [-0.4, -0.2) is 42.0 Å². The van der Waals surface area contributed by atoms with Crippen molar-refractivity contribution in [3.8, 4) is 11.5 Å². The molecule has 2 aliphatic rings. The van der Waals surface area contributed by atoms with E-state index in [0.29, 0.717) is 5.75 Å². The third kappa shape index (κ3) is 3.54. The molecule has 1 saturated carbocycles. The summed E-state index contributed by atoms with van der Waals surface area (Å²) < 4.78 is 25.4. The van der Waals surface area contributed by atoms with Crippen molar-refractivity contribution in [3.05, 3.63) is 65.0 Å². The van der Waals surface area contributed by atoms with Crippen molar-refractivity contribution in [2.75, 3.05) is 14.2 Å². The summed E-state index contributed by atoms with van der Waals surface area (Å²) in [5.41, 5.74) is 0.280. The van der Waals surface area contributed by atoms with Gasteiger partial charge in [0.2, 0.25) is 0 Å². The number of benzene rings is 2. The van der Waals surface area contributed by atoms with E-state index in [1.165, 1.54) is 25.2 Å². The zero-order valence-electron chi connectivity index (χ0n) is 17.4. The SMILES string of the molecule is COc1ccc(/C(O)=C2\C(=O)C(=O)N(C3CCCC3)C2c2ccccc2F)c(OC)c1. The Hall–Kier alpha value is -3.35. The first-order chi connectivity index (χ1) is 15.0. The van der Waals surface area contributed by atoms with Gasteiger partial charge in [-0.2, -0.15) is 0 Å². The molecule has 1 aliphatic heterocycles. The minimum atomic E-state index is -1.00. The Kier molecular flexibility index (Phi) is 5.67. The summed E-state index contributed by atoms with van der Waals surface area (Å²) in [6.45, 7) is 0. The lowest BCUT2D eigenvalue weighted by molar-refractivity contribution is -0.141. The Bertz CT molecular complexity index is 1060. The molecule has 4 rings (SSSR count). The van der Waals surface area contributed by atoms with Crippen molar-refractivity contribution in [1.82, 2.24) is 4.90 Å². The molecule has 0 radical (unpaired) electrons. The molecule has 31 heavy (non-hydrogen) atoms. The fraction of sp³-hybridized carbons (Fsp3) is 0.333. The predicted octanol–water partition coefficient (Wildman–Crippen LogP) is 4.21. The van der Waals surface area contributed by atoms with Gasteiger partial charge in [0.1, 0.15) is 23.1 Å². The third-order valence-electron chi connectivity index (χ3n) is 6.06. The minimum Gasteiger partial charge on any atom is -0.507 e. The van der Waals surface area contributed by atoms with Crippen LogP contribution in [0.25, 0.3) is 5.76 Å². The smallest absolute Gasteiger partial charge is 0.295 e. The highest BCUT2D eigenvalue weighted by Gasteiger charge is 2.50. The molecule has 1 amide bonds. The highest BCUT2D eigenvalue weighted by molar-refractivity contribution is 6.46. The number of carbonyl (C=O) groups excluding carboxylic acids is 2. The van der Waals surface area contributed by atoms with Crippen LogP contribution in [0.4, 0.5) is 4.39 Å². The Morgan fingerprint density at radius 3 is 2.42 bits per heavy atom. The van der Waals surface area contributed by atoms with Gasteiger partial charge in [0, 0.05) is 17.7 Å². The van der Waals surface area contributed by atoms with Crippen molar-refractivity contribution in [3.63, 3.8) is 0 Å². The monoisotopic (exact) mass is 425 g/mol. The van der Waals surface area contributed by atoms with E-state index in [-0.39, 0.29) is 28.5 Å². The van der Waals surface area contributed by atoms with Gasteiger partial charge in [-0.3, -0.25) is 9.59 Å². The minimum absolute atomic E-state index is 0.134. The van der Waals surface area contributed by atoms with E-state index in [4.69, 9.17) is 9.47 Å². The lowest BCUT2D eigenvalue weighted by atomic mass is 9.94. The molecular formula is C24H24FNO5. The van der Waals surface area contributed by atoms with Gasteiger partial charge in [-0.1, -0.05) is 31.0 Å². The summed E-state index contributed by atoms with van der Waals surface area (Å²) in [5.74, 6) is -1.69. The van der Waals surface area contributed by atoms with Crippen LogP contribution in [0.15, 0.2) is 48.0 Å². The first kappa shape index (κ1) is 20.9. The van der Waals surface area contributed by atoms with E-state index >= 15 is 0 Å². The number of carbonyl (C=O) groups is 2. The molecule has 0 aromatic heterocycles. The summed E-state index contributed by atoms with van der Waals surface area (Å²) in [6, 6.07) is 9.59. The summed E-state index contributed by atoms with van der Waals surface area (Å²) >= 11 is 0. The highest BCUT2D eigenvalue weighted by Crippen LogP contribution is 2.45. The molecule has 6 nitrogen and oxygen atoms in total. The lowest BCUT2D eigenvalue weighted by Crippen LogP contribution is -2.38. The summed E-state index contributed by atoms with van der Waals surface area (Å²) in [7, 11) is 2.93. The van der Waals surface area contributed by atoms with Gasteiger partial charge in [-0.15, -0.1) is 0 Å². The number of halogens is 1. The number of amides is 1. The number of methoxy groups -OCH3 is 2. The number of likely N-dealkylation sites (tertiary alicyclic amines) is 1. The normalized spacial score (nSPS) is 21.0. The van der Waals surface area contributed by atoms with Gasteiger partial charge < -0.3 is 19.5 Å². The molecule has 0 bridgehead atoms. The molecule has 1 N–H and O–H groups in total. The second-order valence-corrected chi connectivity index (χ2v) is 7.73. The van der Waals surface area contributed by atoms with Crippen LogP contribution >= 0.6 is 0 Å². The number of ketones is 1. The van der Waals surface area contributed by atoms with Crippen molar-refractivity contribution >= 4 is 17.4 Å². The molecule has 1 unspecified atom stereocenters. The van der Waals surface area contributed by atoms with Gasteiger partial charge >= 0.3 is 0 Å². The van der Waals surface area contributed by atoms with Crippen molar-refractivity contribution in [1.29, 1.82) is 0 Å². The quantitative estimate of drug-likeness (QED) is 0.441. The third-order valence-corrected chi connectivity index (χ3v) is 6.06. The van der Waals surface area contributed by atoms with Gasteiger partial charge in [0.15, 0.2) is 0 Å². The molecule has 0 spiro atoms. The molecular weight excluding hydrogens is 401 g/mol. The number of hydrogen-bond donors (Lipinski definition) is 1.